The average Bonchev–Trinajstić information content (AvgIpc) is 1.82. The summed E-state index contributed by atoms with van der Waals surface area (Å²) in [6.45, 7) is 0. The van der Waals surface area contributed by atoms with E-state index in [1.807, 2.05) is 12.1 Å². The number of anilines is 1. The van der Waals surface area contributed by atoms with Crippen molar-refractivity contribution in [1.82, 2.24) is 0 Å². The normalized spacial score (nSPS) is 9.00. The molecule has 1 aromatic rings. The highest BCUT2D eigenvalue weighted by molar-refractivity contribution is 9.11. The third kappa shape index (κ3) is 2.93. The fourth-order valence-corrected chi connectivity index (χ4v) is 2.81. The second kappa shape index (κ2) is 4.70. The van der Waals surface area contributed by atoms with Gasteiger partial charge in [0.05, 0.1) is 5.69 Å². The quantitative estimate of drug-likeness (QED) is 0.680. The van der Waals surface area contributed by atoms with Crippen LogP contribution in [0, 0.1) is 0 Å². The largest absolute Gasteiger partial charge is 0.397 e. The summed E-state index contributed by atoms with van der Waals surface area (Å²) in [6, 6.07) is 3.81. The van der Waals surface area contributed by atoms with Crippen molar-refractivity contribution in [3.05, 3.63) is 25.6 Å². The van der Waals surface area contributed by atoms with Gasteiger partial charge in [0.1, 0.15) is 0 Å². The van der Waals surface area contributed by atoms with Crippen molar-refractivity contribution in [2.75, 3.05) is 5.73 Å². The van der Waals surface area contributed by atoms with E-state index in [0.717, 1.165) is 19.1 Å². The van der Waals surface area contributed by atoms with Gasteiger partial charge >= 0.3 is 0 Å². The first-order valence-corrected chi connectivity index (χ1v) is 4.89. The molecule has 0 amide bonds. The molecule has 0 aliphatic heterocycles. The zero-order valence-electron chi connectivity index (χ0n) is 5.27. The molecule has 0 aliphatic rings. The van der Waals surface area contributed by atoms with E-state index in [-0.39, 0.29) is 12.4 Å². The Bertz CT molecular complexity index is 241. The Labute approximate surface area is 96.5 Å². The molecule has 1 rings (SSSR count). The predicted octanol–water partition coefficient (Wildman–Crippen LogP) is 3.98. The molecule has 62 valence electrons. The van der Waals surface area contributed by atoms with Gasteiger partial charge in [0.15, 0.2) is 0 Å². The highest BCUT2D eigenvalue weighted by Gasteiger charge is 2.00. The van der Waals surface area contributed by atoms with E-state index >= 15 is 0 Å². The van der Waals surface area contributed by atoms with Gasteiger partial charge in [0, 0.05) is 13.4 Å². The molecular formula is C6H5Br3ClN. The van der Waals surface area contributed by atoms with Crippen LogP contribution >= 0.6 is 60.2 Å². The summed E-state index contributed by atoms with van der Waals surface area (Å²) in [5.41, 5.74) is 6.36. The molecule has 0 aromatic heterocycles. The van der Waals surface area contributed by atoms with Crippen LogP contribution in [0.2, 0.25) is 0 Å². The molecule has 1 nitrogen and oxygen atoms in total. The Balaban J connectivity index is 0.000001000. The SMILES string of the molecule is Cl.N[14c]1[14c](Br)[14cH][14c](Br)[14cH][14c]1Br. The summed E-state index contributed by atoms with van der Waals surface area (Å²) in [4.78, 5) is 0. The van der Waals surface area contributed by atoms with Gasteiger partial charge in [0.25, 0.3) is 0 Å². The first kappa shape index (κ1) is 11.8. The first-order chi connectivity index (χ1) is 4.61. The number of nitrogens with two attached hydrogens (primary N) is 1. The van der Waals surface area contributed by atoms with E-state index in [2.05, 4.69) is 47.8 Å². The Morgan fingerprint density at radius 2 is 1.36 bits per heavy atom. The topological polar surface area (TPSA) is 26.0 Å². The van der Waals surface area contributed by atoms with Crippen LogP contribution in [-0.2, 0) is 0 Å². The zero-order valence-corrected chi connectivity index (χ0v) is 10.8. The van der Waals surface area contributed by atoms with Crippen molar-refractivity contribution in [3.8, 4) is 0 Å². The average molecular weight is 378 g/mol. The highest BCUT2D eigenvalue weighted by atomic mass is 79.9. The number of rotatable bonds is 0. The maximum atomic E-state index is 5.64. The third-order valence-electron chi connectivity index (χ3n) is 1.04. The van der Waals surface area contributed by atoms with E-state index < -0.39 is 0 Å². The van der Waals surface area contributed by atoms with Crippen LogP contribution in [-0.4, -0.2) is 0 Å². The molecule has 0 heterocycles. The number of hydrogen-bond donors (Lipinski definition) is 1. The van der Waals surface area contributed by atoms with Crippen LogP contribution in [0.25, 0.3) is 0 Å². The molecule has 0 fully saturated rings. The molecule has 0 bridgehead atoms. The van der Waals surface area contributed by atoms with Crippen LogP contribution in [0.1, 0.15) is 0 Å². The van der Waals surface area contributed by atoms with Gasteiger partial charge in [-0.1, -0.05) is 15.9 Å². The molecule has 2 N–H and O–H groups in total. The van der Waals surface area contributed by atoms with Gasteiger partial charge in [-0.25, -0.2) is 0 Å². The standard InChI is InChI=1S/C6H4Br3N.ClH/c7-3-1-4(8)6(10)5(9)2-3;/h1-2H,10H2;1H/i1+2,2+2,3+2,4+2,5+2,6+2;. The zero-order chi connectivity index (χ0) is 7.72. The van der Waals surface area contributed by atoms with E-state index in [4.69, 9.17) is 5.73 Å². The molecule has 0 saturated heterocycles. The second-order valence-corrected chi connectivity index (χ2v) is 4.41. The number of nitrogen functional groups attached to an aromatic ring is 1. The van der Waals surface area contributed by atoms with Crippen LogP contribution < -0.4 is 5.73 Å². The molecule has 0 radical (unpaired) electrons. The Morgan fingerprint density at radius 3 is 1.73 bits per heavy atom. The summed E-state index contributed by atoms with van der Waals surface area (Å²) in [7, 11) is 0. The smallest absolute Gasteiger partial charge is 0.0603 e. The van der Waals surface area contributed by atoms with Gasteiger partial charge in [0.2, 0.25) is 0 Å². The second-order valence-electron chi connectivity index (χ2n) is 1.78. The van der Waals surface area contributed by atoms with Crippen LogP contribution in [0.3, 0.4) is 0 Å². The summed E-state index contributed by atoms with van der Waals surface area (Å²) < 4.78 is 2.79. The van der Waals surface area contributed by atoms with Crippen LogP contribution in [0.4, 0.5) is 5.69 Å². The minimum atomic E-state index is 0. The van der Waals surface area contributed by atoms with Crippen LogP contribution in [0.5, 0.6) is 0 Å². The van der Waals surface area contributed by atoms with Crippen molar-refractivity contribution in [2.24, 2.45) is 0 Å². The maximum Gasteiger partial charge on any atom is 0.0603 e. The fraction of sp³-hybridized carbons (Fsp3) is 0. The lowest BCUT2D eigenvalue weighted by atomic mass is 12.2. The Hall–Kier alpha value is 0.750. The van der Waals surface area contributed by atoms with Gasteiger partial charge in [-0.2, -0.15) is 0 Å². The molecule has 0 unspecified atom stereocenters. The van der Waals surface area contributed by atoms with Crippen molar-refractivity contribution in [3.63, 3.8) is 0 Å². The molecular weight excluding hydrogens is 373 g/mol. The fourth-order valence-electron chi connectivity index (χ4n) is 0.553. The lowest BCUT2D eigenvalue weighted by Crippen LogP contribution is -1.87. The van der Waals surface area contributed by atoms with Gasteiger partial charge in [-0.05, 0) is 44.0 Å². The minimum Gasteiger partial charge on any atom is -0.397 e. The van der Waals surface area contributed by atoms with Gasteiger partial charge < -0.3 is 5.73 Å². The molecule has 0 saturated carbocycles. The number of hydrogen-bond acceptors (Lipinski definition) is 1. The number of benzene rings is 1. The minimum absolute atomic E-state index is 0. The summed E-state index contributed by atoms with van der Waals surface area (Å²) in [5.74, 6) is 0. The van der Waals surface area contributed by atoms with Crippen LogP contribution in [0.15, 0.2) is 25.6 Å². The van der Waals surface area contributed by atoms with E-state index in [1.54, 1.807) is 0 Å². The summed E-state index contributed by atoms with van der Waals surface area (Å²) >= 11 is 9.96. The van der Waals surface area contributed by atoms with Crippen molar-refractivity contribution >= 4 is 65.9 Å². The molecule has 1 aromatic carbocycles. The third-order valence-corrected chi connectivity index (χ3v) is 2.81. The molecule has 0 atom stereocenters. The van der Waals surface area contributed by atoms with Crippen molar-refractivity contribution in [2.45, 2.75) is 0 Å². The number of halogens is 4. The monoisotopic (exact) mass is 375 g/mol. The first-order valence-electron chi connectivity index (χ1n) is 2.51. The molecule has 0 aliphatic carbocycles. The van der Waals surface area contributed by atoms with E-state index in [0.29, 0.717) is 0 Å². The molecule has 11 heavy (non-hydrogen) atoms. The van der Waals surface area contributed by atoms with Gasteiger partial charge in [-0.15, -0.1) is 12.4 Å². The van der Waals surface area contributed by atoms with Crippen molar-refractivity contribution < 1.29 is 0 Å². The summed E-state index contributed by atoms with van der Waals surface area (Å²) in [5, 5.41) is 0. The van der Waals surface area contributed by atoms with E-state index in [1.165, 1.54) is 0 Å². The summed E-state index contributed by atoms with van der Waals surface area (Å²) in [6.07, 6.45) is 0. The Morgan fingerprint density at radius 1 is 1.00 bits per heavy atom. The van der Waals surface area contributed by atoms with Gasteiger partial charge in [-0.3, -0.25) is 0 Å². The lowest BCUT2D eigenvalue weighted by molar-refractivity contribution is 1.55. The Kier molecular flexibility index (Phi) is 5.02. The highest BCUT2D eigenvalue weighted by Crippen LogP contribution is 2.31. The predicted molar refractivity (Wildman–Crippen MR) is 61.2 cm³/mol. The molecule has 0 spiro atoms. The lowest BCUT2D eigenvalue weighted by Gasteiger charge is -2.00. The van der Waals surface area contributed by atoms with Crippen molar-refractivity contribution in [1.29, 1.82) is 0 Å². The van der Waals surface area contributed by atoms with E-state index in [9.17, 15) is 0 Å². The maximum absolute atomic E-state index is 5.64. The molecule has 5 heteroatoms.